The quantitative estimate of drug-likeness (QED) is 0.805. The van der Waals surface area contributed by atoms with Crippen LogP contribution in [0.2, 0.25) is 0 Å². The van der Waals surface area contributed by atoms with Crippen LogP contribution in [0.3, 0.4) is 0 Å². The molecule has 0 N–H and O–H groups in total. The van der Waals surface area contributed by atoms with Crippen molar-refractivity contribution in [2.24, 2.45) is 5.92 Å². The largest absolute Gasteiger partial charge is 0.383 e. The molecule has 3 nitrogen and oxygen atoms in total. The van der Waals surface area contributed by atoms with Gasteiger partial charge in [-0.15, -0.1) is 0 Å². The Bertz CT molecular complexity index is 407. The summed E-state index contributed by atoms with van der Waals surface area (Å²) in [6.07, 6.45) is 4.57. The zero-order valence-electron chi connectivity index (χ0n) is 11.3. The third-order valence-corrected chi connectivity index (χ3v) is 4.06. The van der Waals surface area contributed by atoms with Crippen LogP contribution in [0.5, 0.6) is 0 Å². The first-order valence-electron chi connectivity index (χ1n) is 6.51. The van der Waals surface area contributed by atoms with Gasteiger partial charge in [-0.1, -0.05) is 0 Å². The average Bonchev–Trinajstić information content (AvgIpc) is 3.15. The Morgan fingerprint density at radius 3 is 2.83 bits per heavy atom. The number of aryl methyl sites for hydroxylation is 1. The molecule has 4 heteroatoms. The molecule has 1 fully saturated rings. The standard InChI is InChI=1S/C14H21BrN2O/c1-10-8-13(15)9-16-14(10)17(6-7-18-3)11(2)12-4-5-12/h8-9,11-12H,4-7H2,1-3H3. The van der Waals surface area contributed by atoms with E-state index in [4.69, 9.17) is 4.74 Å². The van der Waals surface area contributed by atoms with Crippen LogP contribution < -0.4 is 4.90 Å². The Kier molecular flexibility index (Phi) is 4.62. The lowest BCUT2D eigenvalue weighted by Gasteiger charge is -2.31. The van der Waals surface area contributed by atoms with Crippen molar-refractivity contribution in [2.75, 3.05) is 25.2 Å². The first-order valence-corrected chi connectivity index (χ1v) is 7.30. The predicted molar refractivity (Wildman–Crippen MR) is 78.1 cm³/mol. The average molecular weight is 313 g/mol. The van der Waals surface area contributed by atoms with Crippen LogP contribution in [-0.4, -0.2) is 31.3 Å². The number of nitrogens with zero attached hydrogens (tertiary/aromatic N) is 2. The lowest BCUT2D eigenvalue weighted by molar-refractivity contribution is 0.202. The molecule has 1 aromatic heterocycles. The molecule has 0 saturated heterocycles. The molecule has 1 aliphatic rings. The van der Waals surface area contributed by atoms with Gasteiger partial charge in [-0.3, -0.25) is 0 Å². The second kappa shape index (κ2) is 6.02. The van der Waals surface area contributed by atoms with Crippen LogP contribution in [0, 0.1) is 12.8 Å². The Balaban J connectivity index is 2.20. The molecule has 0 radical (unpaired) electrons. The first kappa shape index (κ1) is 13.8. The van der Waals surface area contributed by atoms with Gasteiger partial charge in [0, 0.05) is 30.4 Å². The molecule has 1 aliphatic carbocycles. The third-order valence-electron chi connectivity index (χ3n) is 3.62. The summed E-state index contributed by atoms with van der Waals surface area (Å²) in [6, 6.07) is 2.68. The molecule has 1 atom stereocenters. The molecule has 0 aromatic carbocycles. The lowest BCUT2D eigenvalue weighted by atomic mass is 10.1. The van der Waals surface area contributed by atoms with Gasteiger partial charge in [0.2, 0.25) is 0 Å². The van der Waals surface area contributed by atoms with Gasteiger partial charge in [0.05, 0.1) is 6.61 Å². The number of anilines is 1. The van der Waals surface area contributed by atoms with E-state index in [1.165, 1.54) is 18.4 Å². The SMILES string of the molecule is COCCN(c1ncc(Br)cc1C)C(C)C1CC1. The van der Waals surface area contributed by atoms with Crippen molar-refractivity contribution in [3.63, 3.8) is 0 Å². The Labute approximate surface area is 118 Å². The minimum absolute atomic E-state index is 0.549. The van der Waals surface area contributed by atoms with Gasteiger partial charge in [-0.05, 0) is 60.2 Å². The van der Waals surface area contributed by atoms with E-state index in [0.29, 0.717) is 6.04 Å². The zero-order chi connectivity index (χ0) is 13.1. The maximum atomic E-state index is 5.23. The van der Waals surface area contributed by atoms with Crippen molar-refractivity contribution in [3.8, 4) is 0 Å². The summed E-state index contributed by atoms with van der Waals surface area (Å²) in [5.41, 5.74) is 1.22. The first-order chi connectivity index (χ1) is 8.63. The topological polar surface area (TPSA) is 25.4 Å². The van der Waals surface area contributed by atoms with E-state index in [9.17, 15) is 0 Å². The fourth-order valence-electron chi connectivity index (χ4n) is 2.36. The minimum atomic E-state index is 0.549. The van der Waals surface area contributed by atoms with Crippen LogP contribution >= 0.6 is 15.9 Å². The predicted octanol–water partition coefficient (Wildman–Crippen LogP) is 3.40. The van der Waals surface area contributed by atoms with Gasteiger partial charge >= 0.3 is 0 Å². The number of hydrogen-bond acceptors (Lipinski definition) is 3. The molecule has 0 aliphatic heterocycles. The summed E-state index contributed by atoms with van der Waals surface area (Å²) in [5, 5.41) is 0. The van der Waals surface area contributed by atoms with Crippen molar-refractivity contribution in [1.29, 1.82) is 0 Å². The number of rotatable bonds is 6. The highest BCUT2D eigenvalue weighted by molar-refractivity contribution is 9.10. The van der Waals surface area contributed by atoms with Crippen molar-refractivity contribution in [1.82, 2.24) is 4.98 Å². The second-order valence-electron chi connectivity index (χ2n) is 5.06. The molecule has 100 valence electrons. The smallest absolute Gasteiger partial charge is 0.131 e. The van der Waals surface area contributed by atoms with Crippen molar-refractivity contribution in [3.05, 3.63) is 22.3 Å². The van der Waals surface area contributed by atoms with Crippen molar-refractivity contribution in [2.45, 2.75) is 32.7 Å². The number of hydrogen-bond donors (Lipinski definition) is 0. The maximum Gasteiger partial charge on any atom is 0.131 e. The molecule has 0 bridgehead atoms. The van der Waals surface area contributed by atoms with Gasteiger partial charge in [0.25, 0.3) is 0 Å². The lowest BCUT2D eigenvalue weighted by Crippen LogP contribution is -2.38. The molecule has 18 heavy (non-hydrogen) atoms. The van der Waals surface area contributed by atoms with E-state index in [1.54, 1.807) is 7.11 Å². The number of halogens is 1. The van der Waals surface area contributed by atoms with Crippen LogP contribution in [0.25, 0.3) is 0 Å². The van der Waals surface area contributed by atoms with Crippen LogP contribution in [-0.2, 0) is 4.74 Å². The Morgan fingerprint density at radius 2 is 2.28 bits per heavy atom. The van der Waals surface area contributed by atoms with Crippen LogP contribution in [0.4, 0.5) is 5.82 Å². The van der Waals surface area contributed by atoms with E-state index in [2.05, 4.69) is 45.7 Å². The van der Waals surface area contributed by atoms with Gasteiger partial charge in [0.1, 0.15) is 5.82 Å². The number of ether oxygens (including phenoxy) is 1. The van der Waals surface area contributed by atoms with Gasteiger partial charge in [-0.25, -0.2) is 4.98 Å². The summed E-state index contributed by atoms with van der Waals surface area (Å²) in [7, 11) is 1.75. The van der Waals surface area contributed by atoms with Crippen molar-refractivity contribution < 1.29 is 4.74 Å². The van der Waals surface area contributed by atoms with E-state index in [1.807, 2.05) is 6.20 Å². The highest BCUT2D eigenvalue weighted by Crippen LogP contribution is 2.37. The molecular weight excluding hydrogens is 292 g/mol. The number of aromatic nitrogens is 1. The second-order valence-corrected chi connectivity index (χ2v) is 5.97. The zero-order valence-corrected chi connectivity index (χ0v) is 12.9. The fourth-order valence-corrected chi connectivity index (χ4v) is 2.80. The normalized spacial score (nSPS) is 16.7. The van der Waals surface area contributed by atoms with Crippen LogP contribution in [0.15, 0.2) is 16.7 Å². The third kappa shape index (κ3) is 3.23. The number of methoxy groups -OCH3 is 1. The fraction of sp³-hybridized carbons (Fsp3) is 0.643. The molecule has 1 aromatic rings. The maximum absolute atomic E-state index is 5.23. The summed E-state index contributed by atoms with van der Waals surface area (Å²) in [4.78, 5) is 6.98. The molecule has 1 unspecified atom stereocenters. The number of pyridine rings is 1. The summed E-state index contributed by atoms with van der Waals surface area (Å²) < 4.78 is 6.27. The molecule has 1 heterocycles. The highest BCUT2D eigenvalue weighted by Gasteiger charge is 2.32. The minimum Gasteiger partial charge on any atom is -0.383 e. The summed E-state index contributed by atoms with van der Waals surface area (Å²) >= 11 is 3.47. The van der Waals surface area contributed by atoms with E-state index >= 15 is 0 Å². The Hall–Kier alpha value is -0.610. The molecule has 1 saturated carbocycles. The molecule has 2 rings (SSSR count). The van der Waals surface area contributed by atoms with E-state index < -0.39 is 0 Å². The van der Waals surface area contributed by atoms with E-state index in [0.717, 1.165) is 29.4 Å². The summed E-state index contributed by atoms with van der Waals surface area (Å²) in [5.74, 6) is 1.92. The van der Waals surface area contributed by atoms with Gasteiger partial charge in [-0.2, -0.15) is 0 Å². The molecular formula is C14H21BrN2O. The monoisotopic (exact) mass is 312 g/mol. The van der Waals surface area contributed by atoms with Gasteiger partial charge in [0.15, 0.2) is 0 Å². The molecule has 0 spiro atoms. The molecule has 0 amide bonds. The summed E-state index contributed by atoms with van der Waals surface area (Å²) in [6.45, 7) is 6.07. The van der Waals surface area contributed by atoms with Crippen LogP contribution in [0.1, 0.15) is 25.3 Å². The highest BCUT2D eigenvalue weighted by atomic mass is 79.9. The van der Waals surface area contributed by atoms with E-state index in [-0.39, 0.29) is 0 Å². The Morgan fingerprint density at radius 1 is 1.56 bits per heavy atom. The van der Waals surface area contributed by atoms with Crippen molar-refractivity contribution >= 4 is 21.7 Å². The van der Waals surface area contributed by atoms with Gasteiger partial charge < -0.3 is 9.64 Å².